The van der Waals surface area contributed by atoms with Crippen LogP contribution in [0.2, 0.25) is 0 Å². The van der Waals surface area contributed by atoms with Gasteiger partial charge >= 0.3 is 0 Å². The van der Waals surface area contributed by atoms with Crippen molar-refractivity contribution in [3.05, 3.63) is 125 Å². The van der Waals surface area contributed by atoms with Crippen molar-refractivity contribution in [1.82, 2.24) is 4.57 Å². The zero-order chi connectivity index (χ0) is 31.8. The molecule has 1 aromatic heterocycles. The Bertz CT molecular complexity index is 1950. The highest BCUT2D eigenvalue weighted by Crippen LogP contribution is 2.52. The van der Waals surface area contributed by atoms with Crippen molar-refractivity contribution < 1.29 is 0 Å². The van der Waals surface area contributed by atoms with Crippen molar-refractivity contribution in [2.24, 2.45) is 7.05 Å². The number of para-hydroxylation sites is 3. The molecule has 1 aliphatic rings. The van der Waals surface area contributed by atoms with E-state index < -0.39 is 0 Å². The zero-order valence-electron chi connectivity index (χ0n) is 28.2. The normalized spacial score (nSPS) is 13.7. The predicted octanol–water partition coefficient (Wildman–Crippen LogP) is 12.2. The van der Waals surface area contributed by atoms with Gasteiger partial charge in [-0.15, -0.1) is 0 Å². The van der Waals surface area contributed by atoms with Gasteiger partial charge in [-0.05, 0) is 109 Å². The van der Waals surface area contributed by atoms with Gasteiger partial charge in [-0.25, -0.2) is 0 Å². The van der Waals surface area contributed by atoms with E-state index in [-0.39, 0.29) is 0 Å². The van der Waals surface area contributed by atoms with Crippen LogP contribution in [0.4, 0.5) is 28.4 Å². The van der Waals surface area contributed by atoms with Crippen LogP contribution in [0.5, 0.6) is 0 Å². The number of benzene rings is 5. The molecular weight excluding hydrogens is 546 g/mol. The minimum absolute atomic E-state index is 0.546. The summed E-state index contributed by atoms with van der Waals surface area (Å²) in [5, 5.41) is 2.69. The van der Waals surface area contributed by atoms with Crippen molar-refractivity contribution in [3.8, 4) is 0 Å². The molecule has 2 atom stereocenters. The highest BCUT2D eigenvalue weighted by molar-refractivity contribution is 6.13. The average Bonchev–Trinajstić information content (AvgIpc) is 3.34. The lowest BCUT2D eigenvalue weighted by atomic mass is 9.85. The summed E-state index contributed by atoms with van der Waals surface area (Å²) in [4.78, 5) is 4.77. The second-order valence-corrected chi connectivity index (χ2v) is 12.8. The summed E-state index contributed by atoms with van der Waals surface area (Å²) in [6.07, 6.45) is 2.31. The first-order valence-corrected chi connectivity index (χ1v) is 16.5. The summed E-state index contributed by atoms with van der Waals surface area (Å²) in [5.74, 6) is 1.10. The lowest BCUT2D eigenvalue weighted by molar-refractivity contribution is 0.678. The quantitative estimate of drug-likeness (QED) is 0.197. The Kier molecular flexibility index (Phi) is 8.46. The second-order valence-electron chi connectivity index (χ2n) is 12.8. The maximum Gasteiger partial charge on any atom is 0.0720 e. The Balaban J connectivity index is 0.000000390. The van der Waals surface area contributed by atoms with Gasteiger partial charge in [-0.1, -0.05) is 82.3 Å². The van der Waals surface area contributed by atoms with E-state index in [1.165, 1.54) is 72.5 Å². The van der Waals surface area contributed by atoms with Gasteiger partial charge in [0.1, 0.15) is 0 Å². The van der Waals surface area contributed by atoms with Gasteiger partial charge in [-0.2, -0.15) is 0 Å². The maximum atomic E-state index is 2.51. The Morgan fingerprint density at radius 1 is 0.533 bits per heavy atom. The Morgan fingerprint density at radius 2 is 1.04 bits per heavy atom. The van der Waals surface area contributed by atoms with Crippen molar-refractivity contribution in [3.63, 3.8) is 0 Å². The fourth-order valence-corrected chi connectivity index (χ4v) is 6.76. The molecule has 0 amide bonds. The van der Waals surface area contributed by atoms with Crippen LogP contribution in [0.3, 0.4) is 0 Å². The number of aromatic nitrogens is 1. The van der Waals surface area contributed by atoms with E-state index in [1.807, 2.05) is 0 Å². The summed E-state index contributed by atoms with van der Waals surface area (Å²) in [6, 6.07) is 37.6. The number of fused-ring (bicyclic) bond motifs is 5. The predicted molar refractivity (Wildman–Crippen MR) is 196 cm³/mol. The Morgan fingerprint density at radius 3 is 1.64 bits per heavy atom. The Labute approximate surface area is 269 Å². The van der Waals surface area contributed by atoms with Gasteiger partial charge in [0.25, 0.3) is 0 Å². The van der Waals surface area contributed by atoms with Crippen molar-refractivity contribution in [2.45, 2.75) is 66.2 Å². The molecule has 2 unspecified atom stereocenters. The van der Waals surface area contributed by atoms with Gasteiger partial charge in [0.15, 0.2) is 0 Å². The van der Waals surface area contributed by atoms with Crippen LogP contribution >= 0.6 is 0 Å². The first-order valence-electron chi connectivity index (χ1n) is 16.5. The molecule has 0 N–H and O–H groups in total. The van der Waals surface area contributed by atoms with Gasteiger partial charge in [0.05, 0.1) is 28.3 Å². The van der Waals surface area contributed by atoms with Crippen LogP contribution in [0.25, 0.3) is 21.8 Å². The van der Waals surface area contributed by atoms with Crippen LogP contribution in [0.15, 0.2) is 103 Å². The van der Waals surface area contributed by atoms with E-state index >= 15 is 0 Å². The third-order valence-corrected chi connectivity index (χ3v) is 10.1. The van der Waals surface area contributed by atoms with Crippen LogP contribution in [0, 0.1) is 13.8 Å². The molecule has 230 valence electrons. The topological polar surface area (TPSA) is 11.4 Å². The molecule has 0 aliphatic carbocycles. The molecule has 1 aliphatic heterocycles. The molecule has 2 heterocycles. The molecule has 0 saturated carbocycles. The largest absolute Gasteiger partial charge is 0.344 e. The maximum absolute atomic E-state index is 2.51. The molecule has 6 aromatic rings. The molecule has 0 saturated heterocycles. The fraction of sp³-hybridized carbons (Fsp3) is 0.286. The third-order valence-electron chi connectivity index (χ3n) is 10.1. The van der Waals surface area contributed by atoms with E-state index in [2.05, 4.69) is 173 Å². The van der Waals surface area contributed by atoms with E-state index in [1.54, 1.807) is 0 Å². The van der Waals surface area contributed by atoms with Gasteiger partial charge in [0.2, 0.25) is 0 Å². The van der Waals surface area contributed by atoms with Crippen LogP contribution in [0.1, 0.15) is 74.6 Å². The summed E-state index contributed by atoms with van der Waals surface area (Å²) < 4.78 is 2.40. The standard InChI is InChI=1S/C34H37N3.C8H10/c1-7-22(3)25-18-27-28-20-33-34(21-32(28)36(6)31(27)19-26(25)23(4)8-2)37(24-14-10-9-11-15-24)30-17-13-12-16-29(30)35(33)5;1-7-5-3-4-6-8(7)2/h9-23H,7-8H2,1-6H3;3-6H,1-2H3. The summed E-state index contributed by atoms with van der Waals surface area (Å²) in [5.41, 5.74) is 14.4. The number of hydrogen-bond donors (Lipinski definition) is 0. The van der Waals surface area contributed by atoms with Gasteiger partial charge < -0.3 is 14.4 Å². The molecule has 0 bridgehead atoms. The van der Waals surface area contributed by atoms with E-state index in [4.69, 9.17) is 0 Å². The lowest BCUT2D eigenvalue weighted by Gasteiger charge is -2.38. The highest BCUT2D eigenvalue weighted by atomic mass is 15.3. The van der Waals surface area contributed by atoms with E-state index in [0.29, 0.717) is 11.8 Å². The van der Waals surface area contributed by atoms with E-state index in [0.717, 1.165) is 12.8 Å². The smallest absolute Gasteiger partial charge is 0.0720 e. The second kappa shape index (κ2) is 12.5. The number of nitrogens with zero attached hydrogens (tertiary/aromatic N) is 3. The van der Waals surface area contributed by atoms with Crippen LogP contribution in [-0.2, 0) is 7.05 Å². The van der Waals surface area contributed by atoms with Gasteiger partial charge in [0, 0.05) is 36.1 Å². The minimum Gasteiger partial charge on any atom is -0.344 e. The minimum atomic E-state index is 0.546. The molecular formula is C42H47N3. The summed E-state index contributed by atoms with van der Waals surface area (Å²) >= 11 is 0. The first-order chi connectivity index (χ1) is 21.7. The molecule has 45 heavy (non-hydrogen) atoms. The van der Waals surface area contributed by atoms with Crippen molar-refractivity contribution >= 4 is 50.2 Å². The monoisotopic (exact) mass is 593 g/mol. The molecule has 0 spiro atoms. The van der Waals surface area contributed by atoms with Crippen molar-refractivity contribution in [1.29, 1.82) is 0 Å². The highest BCUT2D eigenvalue weighted by Gasteiger charge is 2.29. The number of anilines is 5. The van der Waals surface area contributed by atoms with Gasteiger partial charge in [-0.3, -0.25) is 0 Å². The Hall–Kier alpha value is -4.50. The summed E-state index contributed by atoms with van der Waals surface area (Å²) in [6.45, 7) is 13.6. The third kappa shape index (κ3) is 5.39. The van der Waals surface area contributed by atoms with E-state index in [9.17, 15) is 0 Å². The first kappa shape index (κ1) is 30.5. The number of aryl methyl sites for hydroxylation is 3. The molecule has 0 radical (unpaired) electrons. The average molecular weight is 594 g/mol. The number of rotatable bonds is 5. The molecule has 3 nitrogen and oxygen atoms in total. The zero-order valence-corrected chi connectivity index (χ0v) is 28.2. The SMILES string of the molecule is CCC(C)c1cc2c3cc4c(cc3n(C)c2cc1C(C)CC)N(c1ccccc1)c1ccccc1N4C.Cc1ccccc1C. The fourth-order valence-electron chi connectivity index (χ4n) is 6.76. The van der Waals surface area contributed by atoms with Crippen LogP contribution in [-0.4, -0.2) is 11.6 Å². The van der Waals surface area contributed by atoms with Crippen molar-refractivity contribution in [2.75, 3.05) is 16.8 Å². The number of hydrogen-bond acceptors (Lipinski definition) is 2. The molecule has 5 aromatic carbocycles. The molecule has 3 heteroatoms. The molecule has 7 rings (SSSR count). The van der Waals surface area contributed by atoms with Crippen LogP contribution < -0.4 is 9.80 Å². The summed E-state index contributed by atoms with van der Waals surface area (Å²) in [7, 11) is 4.43. The molecule has 0 fully saturated rings. The lowest BCUT2D eigenvalue weighted by Crippen LogP contribution is -2.24.